The van der Waals surface area contributed by atoms with Crippen molar-refractivity contribution in [2.45, 2.75) is 6.92 Å². The first-order valence-corrected chi connectivity index (χ1v) is 4.94. The summed E-state index contributed by atoms with van der Waals surface area (Å²) in [5.41, 5.74) is 1.03. The van der Waals surface area contributed by atoms with Crippen molar-refractivity contribution in [2.75, 3.05) is 34.3 Å². The first kappa shape index (κ1) is 13.7. The molecule has 0 fully saturated rings. The van der Waals surface area contributed by atoms with E-state index in [-0.39, 0.29) is 0 Å². The summed E-state index contributed by atoms with van der Waals surface area (Å²) in [7, 11) is 5.83. The highest BCUT2D eigenvalue weighted by Gasteiger charge is 1.94. The third kappa shape index (κ3) is 7.76. The minimum absolute atomic E-state index is 0.575. The van der Waals surface area contributed by atoms with Crippen LogP contribution in [-0.4, -0.2) is 45.4 Å². The van der Waals surface area contributed by atoms with E-state index in [1.807, 2.05) is 39.0 Å². The van der Waals surface area contributed by atoms with Crippen molar-refractivity contribution in [1.82, 2.24) is 10.2 Å². The SMILES string of the molecule is CN/C(C)=C\C=C(/C=N)OCCN(C)C. The Hall–Kier alpha value is -1.29. The van der Waals surface area contributed by atoms with Gasteiger partial charge in [0, 0.05) is 19.3 Å². The summed E-state index contributed by atoms with van der Waals surface area (Å²) >= 11 is 0. The Morgan fingerprint density at radius 3 is 2.53 bits per heavy atom. The summed E-state index contributed by atoms with van der Waals surface area (Å²) in [5.74, 6) is 0.575. The summed E-state index contributed by atoms with van der Waals surface area (Å²) in [4.78, 5) is 2.04. The topological polar surface area (TPSA) is 48.4 Å². The molecule has 0 spiro atoms. The molecule has 0 aliphatic rings. The van der Waals surface area contributed by atoms with E-state index in [1.165, 1.54) is 6.21 Å². The minimum atomic E-state index is 0.575. The minimum Gasteiger partial charge on any atom is -0.491 e. The van der Waals surface area contributed by atoms with Gasteiger partial charge in [-0.15, -0.1) is 0 Å². The number of ether oxygens (including phenoxy) is 1. The van der Waals surface area contributed by atoms with Gasteiger partial charge in [-0.3, -0.25) is 0 Å². The van der Waals surface area contributed by atoms with Crippen LogP contribution in [0, 0.1) is 5.41 Å². The Bertz CT molecular complexity index is 244. The predicted molar refractivity (Wildman–Crippen MR) is 64.2 cm³/mol. The number of nitrogens with zero attached hydrogens (tertiary/aromatic N) is 1. The molecule has 0 saturated carbocycles. The number of nitrogens with one attached hydrogen (secondary N) is 2. The van der Waals surface area contributed by atoms with Gasteiger partial charge in [-0.25, -0.2) is 0 Å². The molecule has 0 aliphatic carbocycles. The standard InChI is InChI=1S/C11H21N3O/c1-10(13-2)5-6-11(9-12)15-8-7-14(3)4/h5-6,9,12-13H,7-8H2,1-4H3/b10-5-,11-6+,12-9?. The molecule has 0 unspecified atom stereocenters. The molecule has 4 heteroatoms. The van der Waals surface area contributed by atoms with Crippen LogP contribution in [0.4, 0.5) is 0 Å². The lowest BCUT2D eigenvalue weighted by atomic mass is 10.4. The van der Waals surface area contributed by atoms with Crippen molar-refractivity contribution in [3.63, 3.8) is 0 Å². The van der Waals surface area contributed by atoms with E-state index in [2.05, 4.69) is 5.32 Å². The van der Waals surface area contributed by atoms with Gasteiger partial charge in [0.1, 0.15) is 12.4 Å². The van der Waals surface area contributed by atoms with Crippen LogP contribution >= 0.6 is 0 Å². The summed E-state index contributed by atoms with van der Waals surface area (Å²) in [6, 6.07) is 0. The molecule has 4 nitrogen and oxygen atoms in total. The zero-order valence-electron chi connectivity index (χ0n) is 10.0. The van der Waals surface area contributed by atoms with E-state index in [0.29, 0.717) is 12.4 Å². The summed E-state index contributed by atoms with van der Waals surface area (Å²) in [5, 5.41) is 10.2. The zero-order chi connectivity index (χ0) is 11.7. The largest absolute Gasteiger partial charge is 0.491 e. The molecule has 0 atom stereocenters. The highest BCUT2D eigenvalue weighted by atomic mass is 16.5. The molecular weight excluding hydrogens is 190 g/mol. The second-order valence-corrected chi connectivity index (χ2v) is 3.46. The van der Waals surface area contributed by atoms with Crippen molar-refractivity contribution < 1.29 is 4.74 Å². The third-order valence-electron chi connectivity index (χ3n) is 1.84. The van der Waals surface area contributed by atoms with Gasteiger partial charge >= 0.3 is 0 Å². The highest BCUT2D eigenvalue weighted by Crippen LogP contribution is 1.96. The average molecular weight is 211 g/mol. The third-order valence-corrected chi connectivity index (χ3v) is 1.84. The van der Waals surface area contributed by atoms with E-state index in [1.54, 1.807) is 6.08 Å². The fraction of sp³-hybridized carbons (Fsp3) is 0.545. The van der Waals surface area contributed by atoms with E-state index < -0.39 is 0 Å². The summed E-state index contributed by atoms with van der Waals surface area (Å²) in [6.07, 6.45) is 4.89. The maximum Gasteiger partial charge on any atom is 0.136 e. The van der Waals surface area contributed by atoms with Crippen LogP contribution in [0.5, 0.6) is 0 Å². The number of allylic oxidation sites excluding steroid dienone is 4. The fourth-order valence-electron chi connectivity index (χ4n) is 0.774. The average Bonchev–Trinajstić information content (AvgIpc) is 2.22. The molecule has 0 heterocycles. The van der Waals surface area contributed by atoms with Crippen molar-refractivity contribution in [3.05, 3.63) is 23.6 Å². The molecule has 86 valence electrons. The molecule has 0 amide bonds. The Morgan fingerprint density at radius 2 is 2.07 bits per heavy atom. The lowest BCUT2D eigenvalue weighted by molar-refractivity contribution is 0.199. The van der Waals surface area contributed by atoms with Crippen LogP contribution < -0.4 is 5.32 Å². The molecular formula is C11H21N3O. The van der Waals surface area contributed by atoms with E-state index in [9.17, 15) is 0 Å². The number of rotatable bonds is 7. The second-order valence-electron chi connectivity index (χ2n) is 3.46. The predicted octanol–water partition coefficient (Wildman–Crippen LogP) is 1.22. The van der Waals surface area contributed by atoms with Gasteiger partial charge in [-0.1, -0.05) is 0 Å². The van der Waals surface area contributed by atoms with E-state index in [4.69, 9.17) is 10.1 Å². The van der Waals surface area contributed by atoms with E-state index in [0.717, 1.165) is 12.2 Å². The van der Waals surface area contributed by atoms with Gasteiger partial charge in [0.05, 0.1) is 6.21 Å². The van der Waals surface area contributed by atoms with Crippen LogP contribution in [0.2, 0.25) is 0 Å². The van der Waals surface area contributed by atoms with Gasteiger partial charge in [0.2, 0.25) is 0 Å². The Kier molecular flexibility index (Phi) is 7.36. The van der Waals surface area contributed by atoms with Crippen LogP contribution in [0.1, 0.15) is 6.92 Å². The second kappa shape index (κ2) is 8.05. The smallest absolute Gasteiger partial charge is 0.136 e. The lowest BCUT2D eigenvalue weighted by Crippen LogP contribution is -2.18. The maximum absolute atomic E-state index is 7.17. The van der Waals surface area contributed by atoms with Gasteiger partial charge in [0.25, 0.3) is 0 Å². The molecule has 15 heavy (non-hydrogen) atoms. The van der Waals surface area contributed by atoms with Crippen LogP contribution in [0.25, 0.3) is 0 Å². The van der Waals surface area contributed by atoms with Crippen LogP contribution in [0.3, 0.4) is 0 Å². The van der Waals surface area contributed by atoms with Crippen LogP contribution in [0.15, 0.2) is 23.6 Å². The lowest BCUT2D eigenvalue weighted by Gasteiger charge is -2.10. The molecule has 0 aliphatic heterocycles. The normalized spacial score (nSPS) is 12.9. The van der Waals surface area contributed by atoms with E-state index >= 15 is 0 Å². The molecule has 2 N–H and O–H groups in total. The molecule has 0 saturated heterocycles. The summed E-state index contributed by atoms with van der Waals surface area (Å²) < 4.78 is 5.40. The monoisotopic (exact) mass is 211 g/mol. The Morgan fingerprint density at radius 1 is 1.40 bits per heavy atom. The molecule has 0 aromatic heterocycles. The first-order valence-electron chi connectivity index (χ1n) is 4.94. The molecule has 0 bridgehead atoms. The van der Waals surface area contributed by atoms with Crippen molar-refractivity contribution in [1.29, 1.82) is 5.41 Å². The maximum atomic E-state index is 7.17. The molecule has 0 rings (SSSR count). The van der Waals surface area contributed by atoms with Crippen molar-refractivity contribution in [3.8, 4) is 0 Å². The van der Waals surface area contributed by atoms with Gasteiger partial charge in [-0.2, -0.15) is 0 Å². The molecule has 0 aromatic carbocycles. The Balaban J connectivity index is 4.07. The number of hydrogen-bond donors (Lipinski definition) is 2. The van der Waals surface area contributed by atoms with Gasteiger partial charge < -0.3 is 20.4 Å². The summed E-state index contributed by atoms with van der Waals surface area (Å²) in [6.45, 7) is 3.40. The number of likely N-dealkylation sites (N-methyl/N-ethyl adjacent to an activating group) is 1. The van der Waals surface area contributed by atoms with Crippen molar-refractivity contribution in [2.24, 2.45) is 0 Å². The van der Waals surface area contributed by atoms with Crippen LogP contribution in [-0.2, 0) is 4.74 Å². The van der Waals surface area contributed by atoms with Crippen molar-refractivity contribution >= 4 is 6.21 Å². The first-order chi connectivity index (χ1) is 7.10. The van der Waals surface area contributed by atoms with Gasteiger partial charge in [0.15, 0.2) is 0 Å². The highest BCUT2D eigenvalue weighted by molar-refractivity contribution is 5.73. The molecule has 0 radical (unpaired) electrons. The Labute approximate surface area is 92.1 Å². The molecule has 0 aromatic rings. The van der Waals surface area contributed by atoms with Gasteiger partial charge in [-0.05, 0) is 33.2 Å². The zero-order valence-corrected chi connectivity index (χ0v) is 10.0. The quantitative estimate of drug-likeness (QED) is 0.378. The fourth-order valence-corrected chi connectivity index (χ4v) is 0.774. The number of hydrogen-bond acceptors (Lipinski definition) is 4.